The fourth-order valence-corrected chi connectivity index (χ4v) is 3.65. The minimum Gasteiger partial charge on any atom is -0.481 e. The van der Waals surface area contributed by atoms with Gasteiger partial charge in [-0.2, -0.15) is 0 Å². The highest BCUT2D eigenvalue weighted by Crippen LogP contribution is 2.27. The first-order chi connectivity index (χ1) is 11.8. The van der Waals surface area contributed by atoms with Crippen LogP contribution in [0.15, 0.2) is 24.3 Å². The van der Waals surface area contributed by atoms with Crippen molar-refractivity contribution in [2.45, 2.75) is 71.3 Å². The van der Waals surface area contributed by atoms with E-state index in [9.17, 15) is 9.59 Å². The van der Waals surface area contributed by atoms with Crippen LogP contribution in [0.3, 0.4) is 0 Å². The highest BCUT2D eigenvalue weighted by atomic mass is 16.4. The lowest BCUT2D eigenvalue weighted by atomic mass is 9.84. The number of carboxylic acids is 1. The molecule has 2 N–H and O–H groups in total. The van der Waals surface area contributed by atoms with Gasteiger partial charge in [0.1, 0.15) is 0 Å². The Labute approximate surface area is 151 Å². The first-order valence-corrected chi connectivity index (χ1v) is 9.46. The standard InChI is InChI=1S/C21H31NO3/c1-14(2)12-16-4-8-18(9-5-16)15(3)21(25)22-19-10-6-17(7-11-19)13-20(23)24/h4-5,8-9,14-15,17,19H,6-7,10-13H2,1-3H3,(H,22,25)(H,23,24)/t15-,17?,19?/m1/s1. The van der Waals surface area contributed by atoms with Crippen LogP contribution in [-0.2, 0) is 16.0 Å². The van der Waals surface area contributed by atoms with Crippen LogP contribution in [0.1, 0.15) is 69.9 Å². The van der Waals surface area contributed by atoms with E-state index in [4.69, 9.17) is 5.11 Å². The summed E-state index contributed by atoms with van der Waals surface area (Å²) in [5, 5.41) is 12.0. The molecule has 4 nitrogen and oxygen atoms in total. The van der Waals surface area contributed by atoms with E-state index in [1.165, 1.54) is 5.56 Å². The first-order valence-electron chi connectivity index (χ1n) is 9.46. The van der Waals surface area contributed by atoms with Gasteiger partial charge in [-0.15, -0.1) is 0 Å². The van der Waals surface area contributed by atoms with Crippen molar-refractivity contribution in [2.75, 3.05) is 0 Å². The van der Waals surface area contributed by atoms with Crippen molar-refractivity contribution in [1.82, 2.24) is 5.32 Å². The molecule has 0 spiro atoms. The molecule has 138 valence electrons. The molecule has 0 aromatic heterocycles. The third-order valence-electron chi connectivity index (χ3n) is 5.17. The minimum atomic E-state index is -0.720. The molecule has 0 unspecified atom stereocenters. The van der Waals surface area contributed by atoms with Crippen molar-refractivity contribution in [3.63, 3.8) is 0 Å². The van der Waals surface area contributed by atoms with Crippen LogP contribution in [0, 0.1) is 11.8 Å². The Bertz CT molecular complexity index is 571. The largest absolute Gasteiger partial charge is 0.481 e. The summed E-state index contributed by atoms with van der Waals surface area (Å²) in [6.45, 7) is 6.35. The van der Waals surface area contributed by atoms with Crippen LogP contribution < -0.4 is 5.32 Å². The molecule has 4 heteroatoms. The van der Waals surface area contributed by atoms with Crippen molar-refractivity contribution in [1.29, 1.82) is 0 Å². The van der Waals surface area contributed by atoms with Crippen molar-refractivity contribution in [2.24, 2.45) is 11.8 Å². The monoisotopic (exact) mass is 345 g/mol. The van der Waals surface area contributed by atoms with Gasteiger partial charge in [-0.3, -0.25) is 9.59 Å². The molecule has 1 fully saturated rings. The summed E-state index contributed by atoms with van der Waals surface area (Å²) in [5.74, 6) is 0.0737. The molecule has 1 atom stereocenters. The first kappa shape index (κ1) is 19.5. The molecule has 0 heterocycles. The van der Waals surface area contributed by atoms with Gasteiger partial charge < -0.3 is 10.4 Å². The van der Waals surface area contributed by atoms with Crippen LogP contribution >= 0.6 is 0 Å². The number of carbonyl (C=O) groups is 2. The van der Waals surface area contributed by atoms with E-state index in [1.54, 1.807) is 0 Å². The summed E-state index contributed by atoms with van der Waals surface area (Å²) in [5.41, 5.74) is 2.35. The van der Waals surface area contributed by atoms with Gasteiger partial charge >= 0.3 is 5.97 Å². The van der Waals surface area contributed by atoms with Crippen LogP contribution in [0.2, 0.25) is 0 Å². The average Bonchev–Trinajstić information content (AvgIpc) is 2.55. The summed E-state index contributed by atoms with van der Waals surface area (Å²) < 4.78 is 0. The number of hydrogen-bond acceptors (Lipinski definition) is 2. The van der Waals surface area contributed by atoms with E-state index in [-0.39, 0.29) is 30.2 Å². The molecule has 1 aromatic carbocycles. The van der Waals surface area contributed by atoms with E-state index in [1.807, 2.05) is 6.92 Å². The van der Waals surface area contributed by atoms with Crippen LogP contribution in [0.4, 0.5) is 0 Å². The van der Waals surface area contributed by atoms with Crippen molar-refractivity contribution in [3.8, 4) is 0 Å². The average molecular weight is 345 g/mol. The third kappa shape index (κ3) is 6.18. The van der Waals surface area contributed by atoms with Gasteiger partial charge in [-0.1, -0.05) is 38.1 Å². The SMILES string of the molecule is CC(C)Cc1ccc([C@@H](C)C(=O)NC2CCC(CC(=O)O)CC2)cc1. The maximum Gasteiger partial charge on any atom is 0.303 e. The van der Waals surface area contributed by atoms with Gasteiger partial charge in [0.05, 0.1) is 5.92 Å². The topological polar surface area (TPSA) is 66.4 Å². The summed E-state index contributed by atoms with van der Waals surface area (Å²) in [7, 11) is 0. The number of aliphatic carboxylic acids is 1. The molecule has 0 bridgehead atoms. The Morgan fingerprint density at radius 1 is 1.08 bits per heavy atom. The van der Waals surface area contributed by atoms with Crippen LogP contribution in [0.5, 0.6) is 0 Å². The van der Waals surface area contributed by atoms with Gasteiger partial charge in [0.15, 0.2) is 0 Å². The molecule has 1 aliphatic carbocycles. The number of nitrogens with one attached hydrogen (secondary N) is 1. The zero-order valence-corrected chi connectivity index (χ0v) is 15.6. The summed E-state index contributed by atoms with van der Waals surface area (Å²) in [6, 6.07) is 8.55. The molecule has 1 saturated carbocycles. The lowest BCUT2D eigenvalue weighted by Crippen LogP contribution is -2.39. The summed E-state index contributed by atoms with van der Waals surface area (Å²) in [4.78, 5) is 23.3. The molecule has 2 rings (SSSR count). The molecule has 25 heavy (non-hydrogen) atoms. The normalized spacial score (nSPS) is 21.8. The predicted octanol–water partition coefficient (Wildman–Crippen LogP) is 4.14. The second-order valence-corrected chi connectivity index (χ2v) is 7.89. The molecule has 1 amide bonds. The molecule has 0 saturated heterocycles. The summed E-state index contributed by atoms with van der Waals surface area (Å²) in [6.07, 6.45) is 4.83. The maximum absolute atomic E-state index is 12.5. The van der Waals surface area contributed by atoms with Gasteiger partial charge in [0, 0.05) is 12.5 Å². The minimum absolute atomic E-state index is 0.0679. The number of hydrogen-bond donors (Lipinski definition) is 2. The van der Waals surface area contributed by atoms with Crippen molar-refractivity contribution < 1.29 is 14.7 Å². The highest BCUT2D eigenvalue weighted by Gasteiger charge is 2.25. The molecule has 0 aliphatic heterocycles. The van der Waals surface area contributed by atoms with Gasteiger partial charge in [-0.05, 0) is 62.0 Å². The van der Waals surface area contributed by atoms with E-state index in [0.29, 0.717) is 5.92 Å². The van der Waals surface area contributed by atoms with E-state index in [2.05, 4.69) is 43.4 Å². The van der Waals surface area contributed by atoms with Crippen molar-refractivity contribution in [3.05, 3.63) is 35.4 Å². The zero-order valence-electron chi connectivity index (χ0n) is 15.6. The fraction of sp³-hybridized carbons (Fsp3) is 0.619. The van der Waals surface area contributed by atoms with Crippen molar-refractivity contribution >= 4 is 11.9 Å². The lowest BCUT2D eigenvalue weighted by molar-refractivity contribution is -0.138. The Morgan fingerprint density at radius 3 is 2.20 bits per heavy atom. The third-order valence-corrected chi connectivity index (χ3v) is 5.17. The van der Waals surface area contributed by atoms with Gasteiger partial charge in [-0.25, -0.2) is 0 Å². The predicted molar refractivity (Wildman–Crippen MR) is 99.5 cm³/mol. The van der Waals surface area contributed by atoms with Crippen LogP contribution in [-0.4, -0.2) is 23.0 Å². The highest BCUT2D eigenvalue weighted by molar-refractivity contribution is 5.83. The summed E-state index contributed by atoms with van der Waals surface area (Å²) >= 11 is 0. The number of carboxylic acid groups (broad SMARTS) is 1. The quantitative estimate of drug-likeness (QED) is 0.780. The van der Waals surface area contributed by atoms with E-state index >= 15 is 0 Å². The Balaban J connectivity index is 1.83. The number of amides is 1. The zero-order chi connectivity index (χ0) is 18.4. The Kier molecular flexibility index (Phi) is 7.03. The molecule has 1 aromatic rings. The molecular weight excluding hydrogens is 314 g/mol. The number of rotatable bonds is 7. The number of carbonyl (C=O) groups excluding carboxylic acids is 1. The fourth-order valence-electron chi connectivity index (χ4n) is 3.65. The molecular formula is C21H31NO3. The molecule has 1 aliphatic rings. The smallest absolute Gasteiger partial charge is 0.303 e. The maximum atomic E-state index is 12.5. The van der Waals surface area contributed by atoms with Crippen LogP contribution in [0.25, 0.3) is 0 Å². The lowest BCUT2D eigenvalue weighted by Gasteiger charge is -2.29. The molecule has 0 radical (unpaired) electrons. The second-order valence-electron chi connectivity index (χ2n) is 7.89. The Hall–Kier alpha value is -1.84. The number of benzene rings is 1. The van der Waals surface area contributed by atoms with E-state index < -0.39 is 5.97 Å². The van der Waals surface area contributed by atoms with Gasteiger partial charge in [0.2, 0.25) is 5.91 Å². The van der Waals surface area contributed by atoms with E-state index in [0.717, 1.165) is 37.7 Å². The van der Waals surface area contributed by atoms with Gasteiger partial charge in [0.25, 0.3) is 0 Å². The Morgan fingerprint density at radius 2 is 1.68 bits per heavy atom. The second kappa shape index (κ2) is 9.02.